The Hall–Kier alpha value is -1.58. The predicted octanol–water partition coefficient (Wildman–Crippen LogP) is 2.87. The Balaban J connectivity index is 0.00000320. The minimum Gasteiger partial charge on any atom is -0.356 e. The van der Waals surface area contributed by atoms with Crippen molar-refractivity contribution in [1.82, 2.24) is 20.5 Å². The maximum atomic E-state index is 12.0. The molecule has 1 aliphatic carbocycles. The molecule has 0 bridgehead atoms. The highest BCUT2D eigenvalue weighted by Gasteiger charge is 2.21. The van der Waals surface area contributed by atoms with Crippen LogP contribution in [-0.2, 0) is 4.79 Å². The topological polar surface area (TPSA) is 72.9 Å². The molecule has 1 saturated carbocycles. The largest absolute Gasteiger partial charge is 0.356 e. The van der Waals surface area contributed by atoms with Crippen LogP contribution in [0.5, 0.6) is 0 Å². The minimum atomic E-state index is 0. The number of hydrogen-bond donors (Lipinski definition) is 2. The van der Waals surface area contributed by atoms with Gasteiger partial charge < -0.3 is 20.4 Å². The number of nitrogens with one attached hydrogen (secondary N) is 2. The van der Waals surface area contributed by atoms with Crippen molar-refractivity contribution < 1.29 is 4.79 Å². The van der Waals surface area contributed by atoms with E-state index in [2.05, 4.69) is 31.6 Å². The first-order chi connectivity index (χ1) is 14.1. The molecule has 2 N–H and O–H groups in total. The number of likely N-dealkylation sites (N-methyl/N-ethyl adjacent to an activating group) is 1. The van der Waals surface area contributed by atoms with E-state index in [9.17, 15) is 4.79 Å². The molecule has 1 saturated heterocycles. The molecule has 7 nitrogen and oxygen atoms in total. The third kappa shape index (κ3) is 7.92. The summed E-state index contributed by atoms with van der Waals surface area (Å²) in [5.74, 6) is 2.56. The lowest BCUT2D eigenvalue weighted by Crippen LogP contribution is -2.50. The summed E-state index contributed by atoms with van der Waals surface area (Å²) in [6, 6.07) is 6.42. The van der Waals surface area contributed by atoms with Crippen LogP contribution in [0.2, 0.25) is 0 Å². The zero-order valence-electron chi connectivity index (χ0n) is 18.3. The molecule has 30 heavy (non-hydrogen) atoms. The number of guanidine groups is 1. The van der Waals surface area contributed by atoms with Crippen LogP contribution in [-0.4, -0.2) is 68.1 Å². The number of pyridine rings is 1. The van der Waals surface area contributed by atoms with Crippen LogP contribution >= 0.6 is 24.0 Å². The van der Waals surface area contributed by atoms with Crippen LogP contribution in [0.25, 0.3) is 0 Å². The molecule has 2 heterocycles. The maximum Gasteiger partial charge on any atom is 0.243 e. The van der Waals surface area contributed by atoms with Crippen molar-refractivity contribution in [2.75, 3.05) is 45.2 Å². The molecule has 1 amide bonds. The van der Waals surface area contributed by atoms with Gasteiger partial charge in [-0.2, -0.15) is 0 Å². The zero-order valence-corrected chi connectivity index (χ0v) is 20.7. The van der Waals surface area contributed by atoms with E-state index in [4.69, 9.17) is 0 Å². The summed E-state index contributed by atoms with van der Waals surface area (Å²) in [5, 5.41) is 7.10. The Labute approximate surface area is 198 Å². The maximum absolute atomic E-state index is 12.0. The summed E-state index contributed by atoms with van der Waals surface area (Å²) in [7, 11) is 3.54. The molecular weight excluding hydrogens is 491 g/mol. The van der Waals surface area contributed by atoms with Crippen molar-refractivity contribution in [3.8, 4) is 0 Å². The fourth-order valence-corrected chi connectivity index (χ4v) is 4.06. The number of nitrogens with zero attached hydrogens (tertiary/aromatic N) is 4. The summed E-state index contributed by atoms with van der Waals surface area (Å²) in [6.07, 6.45) is 10.5. The van der Waals surface area contributed by atoms with Crippen molar-refractivity contribution >= 4 is 41.7 Å². The van der Waals surface area contributed by atoms with E-state index in [1.54, 1.807) is 19.0 Å². The highest BCUT2D eigenvalue weighted by molar-refractivity contribution is 14.0. The molecule has 1 aromatic heterocycles. The molecule has 1 aliphatic heterocycles. The number of carbonyl (C=O) groups excluding carboxylic acids is 1. The average Bonchev–Trinajstić information content (AvgIpc) is 2.77. The number of rotatable bonds is 6. The van der Waals surface area contributed by atoms with Crippen molar-refractivity contribution in [2.24, 2.45) is 10.9 Å². The zero-order chi connectivity index (χ0) is 20.5. The molecular formula is C22H37IN6O. The average molecular weight is 528 g/mol. The second-order valence-electron chi connectivity index (χ2n) is 8.43. The molecule has 1 aromatic rings. The summed E-state index contributed by atoms with van der Waals surface area (Å²) in [6.45, 7) is 3.07. The Bertz CT molecular complexity index is 655. The lowest BCUT2D eigenvalue weighted by molar-refractivity contribution is -0.127. The Kier molecular flexibility index (Phi) is 10.7. The van der Waals surface area contributed by atoms with Crippen LogP contribution in [0.1, 0.15) is 44.9 Å². The molecule has 2 fully saturated rings. The van der Waals surface area contributed by atoms with Gasteiger partial charge in [-0.25, -0.2) is 9.98 Å². The first kappa shape index (κ1) is 24.7. The van der Waals surface area contributed by atoms with Crippen LogP contribution in [0.15, 0.2) is 29.4 Å². The molecule has 8 heteroatoms. The third-order valence-electron chi connectivity index (χ3n) is 5.96. The number of amides is 1. The minimum absolute atomic E-state index is 0. The lowest BCUT2D eigenvalue weighted by atomic mass is 9.89. The normalized spacial score (nSPS) is 18.5. The van der Waals surface area contributed by atoms with Gasteiger partial charge in [0.25, 0.3) is 0 Å². The third-order valence-corrected chi connectivity index (χ3v) is 5.96. The van der Waals surface area contributed by atoms with Crippen LogP contribution in [0.4, 0.5) is 5.82 Å². The van der Waals surface area contributed by atoms with Crippen LogP contribution in [0, 0.1) is 5.92 Å². The molecule has 0 radical (unpaired) electrons. The molecule has 0 unspecified atom stereocenters. The molecule has 2 aliphatic rings. The predicted molar refractivity (Wildman–Crippen MR) is 134 cm³/mol. The van der Waals surface area contributed by atoms with E-state index in [-0.39, 0.29) is 36.4 Å². The van der Waals surface area contributed by atoms with E-state index >= 15 is 0 Å². The van der Waals surface area contributed by atoms with Crippen molar-refractivity contribution in [1.29, 1.82) is 0 Å². The molecule has 0 aromatic carbocycles. The Morgan fingerprint density at radius 1 is 1.17 bits per heavy atom. The van der Waals surface area contributed by atoms with Gasteiger partial charge >= 0.3 is 0 Å². The van der Waals surface area contributed by atoms with Crippen LogP contribution in [0.3, 0.4) is 0 Å². The van der Waals surface area contributed by atoms with Crippen molar-refractivity contribution in [3.05, 3.63) is 24.4 Å². The number of aliphatic imine (C=N–C) groups is 1. The van der Waals surface area contributed by atoms with Gasteiger partial charge in [-0.05, 0) is 43.7 Å². The Morgan fingerprint density at radius 2 is 1.90 bits per heavy atom. The number of piperidine rings is 1. The first-order valence-corrected chi connectivity index (χ1v) is 11.0. The van der Waals surface area contributed by atoms with Gasteiger partial charge in [0.05, 0.1) is 0 Å². The summed E-state index contributed by atoms with van der Waals surface area (Å²) >= 11 is 0. The Morgan fingerprint density at radius 3 is 2.53 bits per heavy atom. The molecule has 0 atom stereocenters. The lowest BCUT2D eigenvalue weighted by Gasteiger charge is -2.34. The van der Waals surface area contributed by atoms with Gasteiger partial charge in [-0.1, -0.05) is 25.3 Å². The van der Waals surface area contributed by atoms with Gasteiger partial charge in [0.2, 0.25) is 5.91 Å². The van der Waals surface area contributed by atoms with Crippen molar-refractivity contribution in [2.45, 2.75) is 51.0 Å². The van der Waals surface area contributed by atoms with Gasteiger partial charge in [-0.15, -0.1) is 24.0 Å². The summed E-state index contributed by atoms with van der Waals surface area (Å²) in [5.41, 5.74) is 0. The quantitative estimate of drug-likeness (QED) is 0.338. The first-order valence-electron chi connectivity index (χ1n) is 11.0. The van der Waals surface area contributed by atoms with E-state index in [0.29, 0.717) is 12.0 Å². The van der Waals surface area contributed by atoms with E-state index < -0.39 is 0 Å². The van der Waals surface area contributed by atoms with E-state index in [0.717, 1.165) is 44.3 Å². The smallest absolute Gasteiger partial charge is 0.243 e. The monoisotopic (exact) mass is 528 g/mol. The summed E-state index contributed by atoms with van der Waals surface area (Å²) in [4.78, 5) is 25.0. The molecule has 3 rings (SSSR count). The molecule has 168 valence electrons. The number of halogens is 1. The van der Waals surface area contributed by atoms with Gasteiger partial charge in [0, 0.05) is 46.0 Å². The number of anilines is 1. The summed E-state index contributed by atoms with van der Waals surface area (Å²) < 4.78 is 0. The number of hydrogen-bond acceptors (Lipinski definition) is 4. The van der Waals surface area contributed by atoms with Gasteiger partial charge in [0.15, 0.2) is 5.96 Å². The van der Waals surface area contributed by atoms with E-state index in [1.165, 1.54) is 32.1 Å². The number of aromatic nitrogens is 1. The van der Waals surface area contributed by atoms with Crippen LogP contribution < -0.4 is 15.5 Å². The highest BCUT2D eigenvalue weighted by Crippen LogP contribution is 2.22. The fraction of sp³-hybridized carbons (Fsp3) is 0.682. The van der Waals surface area contributed by atoms with E-state index in [1.807, 2.05) is 18.3 Å². The second kappa shape index (κ2) is 13.0. The standard InChI is InChI=1S/C22H36N6O.HI/c1-27(2)21(29)17-25-22(24-16-18-8-4-3-5-9-18)26-19-11-14-28(15-12-19)20-10-6-7-13-23-20;/h6-7,10,13,18-19H,3-5,8-9,11-12,14-17H2,1-2H3,(H2,24,25,26);1H. The SMILES string of the molecule is CN(C)C(=O)CN=C(NCC1CCCCC1)NC1CCN(c2ccccn2)CC1.I. The fourth-order valence-electron chi connectivity index (χ4n) is 4.06. The number of carbonyl (C=O) groups is 1. The highest BCUT2D eigenvalue weighted by atomic mass is 127. The van der Waals surface area contributed by atoms with Gasteiger partial charge in [0.1, 0.15) is 12.4 Å². The molecule has 0 spiro atoms. The second-order valence-corrected chi connectivity index (χ2v) is 8.43. The van der Waals surface area contributed by atoms with Gasteiger partial charge in [-0.3, -0.25) is 4.79 Å². The van der Waals surface area contributed by atoms with Crippen molar-refractivity contribution in [3.63, 3.8) is 0 Å².